The molecule has 8 N–H and O–H groups in total. The van der Waals surface area contributed by atoms with Crippen LogP contribution in [0.5, 0.6) is 0 Å². The highest BCUT2D eigenvalue weighted by Gasteiger charge is 2.85. The van der Waals surface area contributed by atoms with Gasteiger partial charge in [-0.3, -0.25) is 4.79 Å². The van der Waals surface area contributed by atoms with Gasteiger partial charge in [0.25, 0.3) is 0 Å². The first-order chi connectivity index (χ1) is 25.4. The van der Waals surface area contributed by atoms with Gasteiger partial charge in [0, 0.05) is 12.8 Å². The molecule has 0 saturated carbocycles. The van der Waals surface area contributed by atoms with E-state index < -0.39 is 89.8 Å². The fraction of sp³-hybridized carbons (Fsp3) is 0.641. The summed E-state index contributed by atoms with van der Waals surface area (Å²) in [6.07, 6.45) is 1.59. The van der Waals surface area contributed by atoms with Crippen molar-refractivity contribution in [3.63, 3.8) is 0 Å². The number of unbranched alkanes of at least 4 members (excludes halogenated alkanes) is 4. The van der Waals surface area contributed by atoms with Crippen LogP contribution in [0.4, 0.5) is 0 Å². The van der Waals surface area contributed by atoms with E-state index >= 15 is 0 Å². The Balaban J connectivity index is 1.71. The first-order valence-electron chi connectivity index (χ1n) is 18.5. The number of esters is 1. The third kappa shape index (κ3) is 10.1. The molecule has 2 heterocycles. The minimum Gasteiger partial charge on any atom is -0.479 e. The molecule has 2 fully saturated rings. The molecule has 1 aromatic carbocycles. The van der Waals surface area contributed by atoms with Crippen molar-refractivity contribution in [1.82, 2.24) is 0 Å². The monoisotopic (exact) mass is 764 g/mol. The first-order valence-corrected chi connectivity index (χ1v) is 18.5. The van der Waals surface area contributed by atoms with E-state index in [2.05, 4.69) is 0 Å². The van der Waals surface area contributed by atoms with Crippen molar-refractivity contribution in [2.24, 2.45) is 11.8 Å². The van der Waals surface area contributed by atoms with Gasteiger partial charge in [-0.15, -0.1) is 0 Å². The van der Waals surface area contributed by atoms with E-state index in [1.54, 1.807) is 6.92 Å². The number of allylic oxidation sites excluding steroid dienone is 3. The number of hydrogen-bond acceptors (Lipinski definition) is 12. The van der Waals surface area contributed by atoms with Crippen molar-refractivity contribution in [3.05, 3.63) is 54.1 Å². The summed E-state index contributed by atoms with van der Waals surface area (Å²) in [4.78, 5) is 50.9. The Labute approximate surface area is 314 Å². The van der Waals surface area contributed by atoms with E-state index in [-0.39, 0.29) is 25.2 Å². The zero-order chi connectivity index (χ0) is 40.3. The molecule has 2 saturated heterocycles. The number of carboxylic acid groups (broad SMARTS) is 3. The highest BCUT2D eigenvalue weighted by atomic mass is 16.8. The van der Waals surface area contributed by atoms with Crippen molar-refractivity contribution >= 4 is 30.0 Å². The number of carboxylic acids is 3. The van der Waals surface area contributed by atoms with Crippen LogP contribution in [-0.4, -0.2) is 118 Å². The van der Waals surface area contributed by atoms with E-state index in [1.165, 1.54) is 6.92 Å². The minimum absolute atomic E-state index is 0.0451. The average Bonchev–Trinajstić information content (AvgIpc) is 3.34. The number of fused-ring (bicyclic) bond motifs is 2. The third-order valence-electron chi connectivity index (χ3n) is 10.4. The number of aliphatic hydroxyl groups is 5. The highest BCUT2D eigenvalue weighted by molar-refractivity contribution is 5.98. The number of carbonyl (C=O) groups is 4. The second-order valence-electron chi connectivity index (χ2n) is 14.6. The fourth-order valence-electron chi connectivity index (χ4n) is 7.05. The molecule has 0 radical (unpaired) electrons. The third-order valence-corrected chi connectivity index (χ3v) is 10.4. The van der Waals surface area contributed by atoms with Crippen LogP contribution >= 0.6 is 0 Å². The molecule has 54 heavy (non-hydrogen) atoms. The minimum atomic E-state index is -3.86. The van der Waals surface area contributed by atoms with Crippen molar-refractivity contribution in [3.8, 4) is 0 Å². The zero-order valence-corrected chi connectivity index (χ0v) is 31.0. The summed E-state index contributed by atoms with van der Waals surface area (Å²) < 4.78 is 16.6. The molecule has 2 aliphatic rings. The number of ether oxygens (including phenoxy) is 3. The number of rotatable bonds is 23. The van der Waals surface area contributed by atoms with Crippen LogP contribution < -0.4 is 0 Å². The summed E-state index contributed by atoms with van der Waals surface area (Å²) in [5.41, 5.74) is -6.39. The van der Waals surface area contributed by atoms with Crippen LogP contribution in [0.2, 0.25) is 0 Å². The molecular formula is C39H56O15. The Morgan fingerprint density at radius 2 is 1.48 bits per heavy atom. The molecule has 11 atom stereocenters. The Morgan fingerprint density at radius 1 is 0.852 bits per heavy atom. The number of aliphatic hydroxyl groups excluding tert-OH is 4. The van der Waals surface area contributed by atoms with Gasteiger partial charge < -0.3 is 55.1 Å². The lowest BCUT2D eigenvalue weighted by Crippen LogP contribution is -2.78. The topological polar surface area (TPSA) is 258 Å². The highest BCUT2D eigenvalue weighted by Crippen LogP contribution is 2.56. The van der Waals surface area contributed by atoms with Crippen LogP contribution in [0.25, 0.3) is 6.08 Å². The standard InChI is InChI=1S/C39H56O15/c1-24(16-15-19-27-17-11-10-12-18-27)30(43)25(2)22-23-37-31(44)32(39(54-37,36(49)50)38(51,35(47)48)33(53-37)34(45)46)52-29(42)21-14-9-7-5-4-6-8-13-20-28(41)26(3)40/h4-5,10-12,15,17-19,24-26,28,30-33,40-41,43-44,51H,6-9,13-14,16,20-23H2,1-3H3,(H,45,46)(H,47,48)(H,49,50)/b5-4+,19-15+/t24-,25?,26?,28?,30+,31-,32-,33-,37+,38-,39+/m1/s1. The summed E-state index contributed by atoms with van der Waals surface area (Å²) in [6, 6.07) is 9.53. The summed E-state index contributed by atoms with van der Waals surface area (Å²) >= 11 is 0. The summed E-state index contributed by atoms with van der Waals surface area (Å²) in [6.45, 7) is 5.02. The molecular weight excluding hydrogens is 708 g/mol. The lowest BCUT2D eigenvalue weighted by atomic mass is 9.74. The van der Waals surface area contributed by atoms with Gasteiger partial charge in [0.1, 0.15) is 6.10 Å². The van der Waals surface area contributed by atoms with Crippen LogP contribution in [0.3, 0.4) is 0 Å². The number of carbonyl (C=O) groups excluding carboxylic acids is 1. The van der Waals surface area contributed by atoms with E-state index in [4.69, 9.17) is 14.2 Å². The van der Waals surface area contributed by atoms with E-state index in [0.29, 0.717) is 25.7 Å². The van der Waals surface area contributed by atoms with Gasteiger partial charge >= 0.3 is 23.9 Å². The van der Waals surface area contributed by atoms with Crippen LogP contribution in [0, 0.1) is 11.8 Å². The molecule has 2 aliphatic heterocycles. The maximum Gasteiger partial charge on any atom is 0.344 e. The fourth-order valence-corrected chi connectivity index (χ4v) is 7.05. The Bertz CT molecular complexity index is 1460. The second kappa shape index (κ2) is 19.8. The quantitative estimate of drug-likeness (QED) is 0.0453. The van der Waals surface area contributed by atoms with Gasteiger partial charge in [-0.05, 0) is 75.7 Å². The van der Waals surface area contributed by atoms with Crippen LogP contribution in [0.1, 0.15) is 97.0 Å². The number of benzene rings is 1. The Kier molecular flexibility index (Phi) is 16.4. The van der Waals surface area contributed by atoms with Crippen LogP contribution in [-0.2, 0) is 33.4 Å². The van der Waals surface area contributed by atoms with Gasteiger partial charge in [0.15, 0.2) is 6.10 Å². The average molecular weight is 765 g/mol. The number of hydrogen-bond donors (Lipinski definition) is 8. The van der Waals surface area contributed by atoms with Gasteiger partial charge in [-0.2, -0.15) is 0 Å². The molecule has 3 unspecified atom stereocenters. The van der Waals surface area contributed by atoms with E-state index in [9.17, 15) is 60.0 Å². The molecule has 302 valence electrons. The number of aliphatic carboxylic acids is 3. The first kappa shape index (κ1) is 44.7. The smallest absolute Gasteiger partial charge is 0.344 e. The predicted molar refractivity (Wildman–Crippen MR) is 193 cm³/mol. The Morgan fingerprint density at radius 3 is 2.06 bits per heavy atom. The normalized spacial score (nSPS) is 29.4. The van der Waals surface area contributed by atoms with E-state index in [0.717, 1.165) is 24.8 Å². The molecule has 0 aliphatic carbocycles. The molecule has 2 bridgehead atoms. The zero-order valence-electron chi connectivity index (χ0n) is 31.0. The van der Waals surface area contributed by atoms with E-state index in [1.807, 2.05) is 61.6 Å². The molecule has 0 amide bonds. The molecule has 0 aromatic heterocycles. The van der Waals surface area contributed by atoms with Gasteiger partial charge in [-0.25, -0.2) is 14.4 Å². The summed E-state index contributed by atoms with van der Waals surface area (Å²) in [5, 5.41) is 83.6. The summed E-state index contributed by atoms with van der Waals surface area (Å²) in [5.74, 6) is -11.0. The molecule has 1 aromatic rings. The SMILES string of the molecule is CC(O)C(O)CCCC/C=C/CCCCC(=O)O[C@@H]1[C@@H](O)[C@@]2(CCC(C)[C@@H](O)[C@H](C)C/C=C/c3ccccc3)O[C@H](C(=O)O)[C@@](O)(C(=O)O)[C@]1(C(=O)O)O2. The summed E-state index contributed by atoms with van der Waals surface area (Å²) in [7, 11) is 0. The van der Waals surface area contributed by atoms with Crippen molar-refractivity contribution in [2.45, 2.75) is 145 Å². The maximum absolute atomic E-state index is 13.1. The van der Waals surface area contributed by atoms with Gasteiger partial charge in [0.05, 0.1) is 18.3 Å². The maximum atomic E-state index is 13.1. The second-order valence-corrected chi connectivity index (χ2v) is 14.6. The molecule has 3 rings (SSSR count). The predicted octanol–water partition coefficient (Wildman–Crippen LogP) is 3.04. The molecule has 15 heteroatoms. The lowest BCUT2D eigenvalue weighted by Gasteiger charge is -2.48. The van der Waals surface area contributed by atoms with Crippen molar-refractivity contribution < 1.29 is 74.2 Å². The van der Waals surface area contributed by atoms with Crippen molar-refractivity contribution in [2.75, 3.05) is 0 Å². The van der Waals surface area contributed by atoms with Gasteiger partial charge in [0.2, 0.25) is 23.1 Å². The largest absolute Gasteiger partial charge is 0.479 e. The Hall–Kier alpha value is -3.70. The lowest BCUT2D eigenvalue weighted by molar-refractivity contribution is -0.374. The van der Waals surface area contributed by atoms with Gasteiger partial charge in [-0.1, -0.05) is 74.9 Å². The van der Waals surface area contributed by atoms with Crippen LogP contribution in [0.15, 0.2) is 48.6 Å². The molecule has 15 nitrogen and oxygen atoms in total. The molecule has 0 spiro atoms. The van der Waals surface area contributed by atoms with Crippen molar-refractivity contribution in [1.29, 1.82) is 0 Å².